The van der Waals surface area contributed by atoms with Gasteiger partial charge in [0.25, 0.3) is 0 Å². The summed E-state index contributed by atoms with van der Waals surface area (Å²) in [6, 6.07) is 6.78. The molecule has 1 unspecified atom stereocenters. The third-order valence-electron chi connectivity index (χ3n) is 3.34. The topological polar surface area (TPSA) is 24.1 Å². The monoisotopic (exact) mass is 236 g/mol. The van der Waals surface area contributed by atoms with Crippen molar-refractivity contribution in [3.8, 4) is 0 Å². The van der Waals surface area contributed by atoms with Gasteiger partial charge in [0.2, 0.25) is 0 Å². The molecule has 0 saturated carbocycles. The lowest BCUT2D eigenvalue weighted by atomic mass is 10.00. The fourth-order valence-electron chi connectivity index (χ4n) is 2.29. The quantitative estimate of drug-likeness (QED) is 0.764. The fourth-order valence-corrected chi connectivity index (χ4v) is 2.29. The van der Waals surface area contributed by atoms with Gasteiger partial charge in [-0.1, -0.05) is 12.1 Å². The van der Waals surface area contributed by atoms with Gasteiger partial charge in [-0.15, -0.1) is 0 Å². The van der Waals surface area contributed by atoms with Crippen molar-refractivity contribution in [3.05, 3.63) is 35.6 Å². The summed E-state index contributed by atoms with van der Waals surface area (Å²) in [6.45, 7) is 4.38. The second-order valence-electron chi connectivity index (χ2n) is 4.79. The van der Waals surface area contributed by atoms with Crippen molar-refractivity contribution in [1.82, 2.24) is 10.6 Å². The lowest BCUT2D eigenvalue weighted by molar-refractivity contribution is 0.361. The average molecular weight is 236 g/mol. The molecule has 1 atom stereocenters. The second kappa shape index (κ2) is 6.72. The number of benzene rings is 1. The molecule has 1 aliphatic rings. The van der Waals surface area contributed by atoms with E-state index < -0.39 is 0 Å². The van der Waals surface area contributed by atoms with Crippen LogP contribution < -0.4 is 10.6 Å². The molecule has 1 saturated heterocycles. The van der Waals surface area contributed by atoms with E-state index in [4.69, 9.17) is 0 Å². The third-order valence-corrected chi connectivity index (χ3v) is 3.34. The van der Waals surface area contributed by atoms with Crippen LogP contribution in [0.2, 0.25) is 0 Å². The number of nitrogens with one attached hydrogen (secondary N) is 2. The molecule has 3 heteroatoms. The lowest BCUT2D eigenvalue weighted by Crippen LogP contribution is -2.36. The van der Waals surface area contributed by atoms with E-state index in [1.165, 1.54) is 37.1 Å². The van der Waals surface area contributed by atoms with Crippen LogP contribution >= 0.6 is 0 Å². The zero-order chi connectivity index (χ0) is 11.9. The lowest BCUT2D eigenvalue weighted by Gasteiger charge is -2.22. The Morgan fingerprint density at radius 3 is 2.82 bits per heavy atom. The minimum atomic E-state index is -0.157. The molecule has 0 aliphatic carbocycles. The van der Waals surface area contributed by atoms with Crippen molar-refractivity contribution < 1.29 is 4.39 Å². The van der Waals surface area contributed by atoms with E-state index in [-0.39, 0.29) is 5.82 Å². The van der Waals surface area contributed by atoms with Gasteiger partial charge in [-0.2, -0.15) is 0 Å². The van der Waals surface area contributed by atoms with Crippen molar-refractivity contribution in [2.24, 2.45) is 5.92 Å². The minimum Gasteiger partial charge on any atom is -0.316 e. The molecule has 1 heterocycles. The molecule has 1 aliphatic heterocycles. The van der Waals surface area contributed by atoms with Crippen molar-refractivity contribution in [1.29, 1.82) is 0 Å². The van der Waals surface area contributed by atoms with E-state index >= 15 is 0 Å². The molecule has 2 nitrogen and oxygen atoms in total. The molecule has 2 rings (SSSR count). The summed E-state index contributed by atoms with van der Waals surface area (Å²) >= 11 is 0. The maximum Gasteiger partial charge on any atom is 0.123 e. The molecule has 0 bridgehead atoms. The van der Waals surface area contributed by atoms with E-state index in [0.717, 1.165) is 32.0 Å². The molecule has 94 valence electrons. The van der Waals surface area contributed by atoms with Crippen LogP contribution in [0.1, 0.15) is 18.4 Å². The maximum atomic E-state index is 12.7. The van der Waals surface area contributed by atoms with Crippen molar-refractivity contribution in [2.45, 2.75) is 19.3 Å². The molecule has 0 aromatic heterocycles. The predicted octanol–water partition coefficient (Wildman–Crippen LogP) is 1.96. The van der Waals surface area contributed by atoms with Gasteiger partial charge in [-0.05, 0) is 69.1 Å². The first-order chi connectivity index (χ1) is 8.34. The summed E-state index contributed by atoms with van der Waals surface area (Å²) in [5, 5.41) is 6.90. The number of hydrogen-bond donors (Lipinski definition) is 2. The number of piperidine rings is 1. The van der Waals surface area contributed by atoms with E-state index in [2.05, 4.69) is 10.6 Å². The summed E-state index contributed by atoms with van der Waals surface area (Å²) in [6.07, 6.45) is 3.60. The Labute approximate surface area is 103 Å². The SMILES string of the molecule is Fc1ccc(CCNCC2CCCNC2)cc1. The first-order valence-corrected chi connectivity index (χ1v) is 6.50. The highest BCUT2D eigenvalue weighted by Gasteiger charge is 2.11. The summed E-state index contributed by atoms with van der Waals surface area (Å²) in [5.41, 5.74) is 1.20. The summed E-state index contributed by atoms with van der Waals surface area (Å²) in [5.74, 6) is 0.618. The molecule has 2 N–H and O–H groups in total. The van der Waals surface area contributed by atoms with Crippen molar-refractivity contribution in [3.63, 3.8) is 0 Å². The van der Waals surface area contributed by atoms with Crippen LogP contribution in [0.5, 0.6) is 0 Å². The smallest absolute Gasteiger partial charge is 0.123 e. The summed E-state index contributed by atoms with van der Waals surface area (Å²) in [7, 11) is 0. The Balaban J connectivity index is 1.60. The maximum absolute atomic E-state index is 12.7. The average Bonchev–Trinajstić information content (AvgIpc) is 2.38. The van der Waals surface area contributed by atoms with Crippen LogP contribution in [0.25, 0.3) is 0 Å². The highest BCUT2D eigenvalue weighted by Crippen LogP contribution is 2.08. The third kappa shape index (κ3) is 4.44. The van der Waals surface area contributed by atoms with Gasteiger partial charge < -0.3 is 10.6 Å². The van der Waals surface area contributed by atoms with Crippen LogP contribution in [-0.2, 0) is 6.42 Å². The Kier molecular flexibility index (Phi) is 4.95. The summed E-state index contributed by atoms with van der Waals surface area (Å²) < 4.78 is 12.7. The highest BCUT2D eigenvalue weighted by molar-refractivity contribution is 5.16. The van der Waals surface area contributed by atoms with Crippen LogP contribution in [-0.4, -0.2) is 26.2 Å². The predicted molar refractivity (Wildman–Crippen MR) is 68.6 cm³/mol. The second-order valence-corrected chi connectivity index (χ2v) is 4.79. The number of rotatable bonds is 5. The molecule has 17 heavy (non-hydrogen) atoms. The van der Waals surface area contributed by atoms with Crippen molar-refractivity contribution in [2.75, 3.05) is 26.2 Å². The minimum absolute atomic E-state index is 0.157. The molecule has 0 amide bonds. The van der Waals surface area contributed by atoms with Gasteiger partial charge in [-0.3, -0.25) is 0 Å². The van der Waals surface area contributed by atoms with Gasteiger partial charge in [0.1, 0.15) is 5.82 Å². The normalized spacial score (nSPS) is 20.4. The van der Waals surface area contributed by atoms with E-state index in [0.29, 0.717) is 0 Å². The molecule has 1 aromatic rings. The van der Waals surface area contributed by atoms with Gasteiger partial charge in [0.05, 0.1) is 0 Å². The van der Waals surface area contributed by atoms with Gasteiger partial charge in [-0.25, -0.2) is 4.39 Å². The van der Waals surface area contributed by atoms with E-state index in [1.807, 2.05) is 12.1 Å². The fraction of sp³-hybridized carbons (Fsp3) is 0.571. The molecule has 0 radical (unpaired) electrons. The van der Waals surface area contributed by atoms with Crippen LogP contribution in [0.15, 0.2) is 24.3 Å². The van der Waals surface area contributed by atoms with Crippen LogP contribution in [0.3, 0.4) is 0 Å². The van der Waals surface area contributed by atoms with E-state index in [1.54, 1.807) is 0 Å². The Morgan fingerprint density at radius 2 is 2.12 bits per heavy atom. The van der Waals surface area contributed by atoms with E-state index in [9.17, 15) is 4.39 Å². The zero-order valence-electron chi connectivity index (χ0n) is 10.2. The van der Waals surface area contributed by atoms with Gasteiger partial charge in [0, 0.05) is 0 Å². The number of halogens is 1. The molecule has 1 aromatic carbocycles. The molecular weight excluding hydrogens is 215 g/mol. The first kappa shape index (κ1) is 12.5. The van der Waals surface area contributed by atoms with Crippen molar-refractivity contribution >= 4 is 0 Å². The zero-order valence-corrected chi connectivity index (χ0v) is 10.2. The Bertz CT molecular complexity index is 317. The standard InChI is InChI=1S/C14H21FN2/c15-14-5-3-12(4-6-14)7-9-17-11-13-2-1-8-16-10-13/h3-6,13,16-17H,1-2,7-11H2. The van der Waals surface area contributed by atoms with Gasteiger partial charge >= 0.3 is 0 Å². The first-order valence-electron chi connectivity index (χ1n) is 6.50. The summed E-state index contributed by atoms with van der Waals surface area (Å²) in [4.78, 5) is 0. The Morgan fingerprint density at radius 1 is 1.29 bits per heavy atom. The Hall–Kier alpha value is -0.930. The molecular formula is C14H21FN2. The van der Waals surface area contributed by atoms with Crippen LogP contribution in [0, 0.1) is 11.7 Å². The van der Waals surface area contributed by atoms with Crippen LogP contribution in [0.4, 0.5) is 4.39 Å². The number of hydrogen-bond acceptors (Lipinski definition) is 2. The largest absolute Gasteiger partial charge is 0.316 e. The van der Waals surface area contributed by atoms with Gasteiger partial charge in [0.15, 0.2) is 0 Å². The highest BCUT2D eigenvalue weighted by atomic mass is 19.1. The molecule has 1 fully saturated rings. The molecule has 0 spiro atoms.